The van der Waals surface area contributed by atoms with Crippen LogP contribution in [-0.2, 0) is 16.1 Å². The maximum atomic E-state index is 11.0. The van der Waals surface area contributed by atoms with E-state index in [1.54, 1.807) is 18.2 Å². The molecule has 5 heteroatoms. The standard InChI is InChI=1S/C10H9Cl2NO2/c1-6(14)10(15)13-5-7-2-3-8(11)4-9(7)12/h2-4H,5H2,1H3,(H,13,15). The molecule has 1 rings (SSSR count). The minimum absolute atomic E-state index is 0.217. The fourth-order valence-corrected chi connectivity index (χ4v) is 1.44. The van der Waals surface area contributed by atoms with Crippen molar-refractivity contribution in [2.75, 3.05) is 0 Å². The maximum absolute atomic E-state index is 11.0. The zero-order valence-corrected chi connectivity index (χ0v) is 9.52. The molecule has 1 aromatic carbocycles. The Morgan fingerprint density at radius 1 is 1.33 bits per heavy atom. The smallest absolute Gasteiger partial charge is 0.287 e. The molecule has 0 saturated heterocycles. The van der Waals surface area contributed by atoms with Gasteiger partial charge in [-0.15, -0.1) is 0 Å². The van der Waals surface area contributed by atoms with E-state index in [1.807, 2.05) is 0 Å². The summed E-state index contributed by atoms with van der Waals surface area (Å²) < 4.78 is 0. The lowest BCUT2D eigenvalue weighted by Gasteiger charge is -2.05. The van der Waals surface area contributed by atoms with Crippen molar-refractivity contribution in [3.63, 3.8) is 0 Å². The van der Waals surface area contributed by atoms with Gasteiger partial charge < -0.3 is 5.32 Å². The Bertz CT molecular complexity index is 404. The normalized spacial score (nSPS) is 9.80. The largest absolute Gasteiger partial charge is 0.345 e. The van der Waals surface area contributed by atoms with Gasteiger partial charge >= 0.3 is 0 Å². The summed E-state index contributed by atoms with van der Waals surface area (Å²) in [5, 5.41) is 3.44. The van der Waals surface area contributed by atoms with Crippen LogP contribution in [0.1, 0.15) is 12.5 Å². The molecule has 1 amide bonds. The number of halogens is 2. The van der Waals surface area contributed by atoms with Crippen LogP contribution in [-0.4, -0.2) is 11.7 Å². The predicted octanol–water partition coefficient (Wildman–Crippen LogP) is 2.20. The molecule has 15 heavy (non-hydrogen) atoms. The van der Waals surface area contributed by atoms with E-state index in [1.165, 1.54) is 6.92 Å². The fraction of sp³-hybridized carbons (Fsp3) is 0.200. The topological polar surface area (TPSA) is 46.2 Å². The second-order valence-electron chi connectivity index (χ2n) is 2.97. The summed E-state index contributed by atoms with van der Waals surface area (Å²) in [5.41, 5.74) is 0.718. The molecule has 80 valence electrons. The van der Waals surface area contributed by atoms with Gasteiger partial charge in [-0.05, 0) is 17.7 Å². The molecule has 0 heterocycles. The van der Waals surface area contributed by atoms with Crippen molar-refractivity contribution in [1.29, 1.82) is 0 Å². The molecular formula is C10H9Cl2NO2. The highest BCUT2D eigenvalue weighted by Crippen LogP contribution is 2.20. The van der Waals surface area contributed by atoms with Gasteiger partial charge in [0.2, 0.25) is 5.78 Å². The highest BCUT2D eigenvalue weighted by atomic mass is 35.5. The Hall–Kier alpha value is -1.06. The highest BCUT2D eigenvalue weighted by molar-refractivity contribution is 6.36. The zero-order valence-electron chi connectivity index (χ0n) is 8.01. The number of ketones is 1. The molecule has 1 aromatic rings. The van der Waals surface area contributed by atoms with Crippen LogP contribution in [0, 0.1) is 0 Å². The Kier molecular flexibility index (Phi) is 4.12. The zero-order chi connectivity index (χ0) is 11.4. The Morgan fingerprint density at radius 3 is 2.53 bits per heavy atom. The van der Waals surface area contributed by atoms with Crippen LogP contribution in [0.25, 0.3) is 0 Å². The molecule has 3 nitrogen and oxygen atoms in total. The van der Waals surface area contributed by atoms with Crippen molar-refractivity contribution in [3.05, 3.63) is 33.8 Å². The minimum atomic E-state index is -0.624. The predicted molar refractivity (Wildman–Crippen MR) is 59.0 cm³/mol. The molecule has 0 radical (unpaired) electrons. The van der Waals surface area contributed by atoms with Gasteiger partial charge in [0, 0.05) is 23.5 Å². The number of rotatable bonds is 3. The first-order valence-corrected chi connectivity index (χ1v) is 4.99. The van der Waals surface area contributed by atoms with Crippen molar-refractivity contribution < 1.29 is 9.59 Å². The van der Waals surface area contributed by atoms with Gasteiger partial charge in [0.05, 0.1) is 0 Å². The summed E-state index contributed by atoms with van der Waals surface area (Å²) in [6.07, 6.45) is 0. The number of benzene rings is 1. The van der Waals surface area contributed by atoms with Crippen LogP contribution >= 0.6 is 23.2 Å². The first kappa shape index (κ1) is 12.0. The molecule has 0 aliphatic carbocycles. The molecule has 0 aromatic heterocycles. The van der Waals surface area contributed by atoms with Crippen molar-refractivity contribution in [2.45, 2.75) is 13.5 Å². The Morgan fingerprint density at radius 2 is 2.00 bits per heavy atom. The van der Waals surface area contributed by atoms with Gasteiger partial charge in [0.15, 0.2) is 0 Å². The van der Waals surface area contributed by atoms with E-state index in [0.29, 0.717) is 10.0 Å². The highest BCUT2D eigenvalue weighted by Gasteiger charge is 2.07. The van der Waals surface area contributed by atoms with E-state index in [4.69, 9.17) is 23.2 Å². The number of carbonyl (C=O) groups excluding carboxylic acids is 2. The van der Waals surface area contributed by atoms with Gasteiger partial charge in [-0.25, -0.2) is 0 Å². The third kappa shape index (κ3) is 3.53. The summed E-state index contributed by atoms with van der Waals surface area (Å²) in [6.45, 7) is 1.42. The monoisotopic (exact) mass is 245 g/mol. The van der Waals surface area contributed by atoms with E-state index in [0.717, 1.165) is 5.56 Å². The van der Waals surface area contributed by atoms with E-state index >= 15 is 0 Å². The Labute approximate surface area is 97.4 Å². The fourth-order valence-electron chi connectivity index (χ4n) is 0.965. The second-order valence-corrected chi connectivity index (χ2v) is 3.82. The van der Waals surface area contributed by atoms with E-state index < -0.39 is 11.7 Å². The molecular weight excluding hydrogens is 237 g/mol. The van der Waals surface area contributed by atoms with Gasteiger partial charge in [-0.1, -0.05) is 29.3 Å². The van der Waals surface area contributed by atoms with Gasteiger partial charge in [0.25, 0.3) is 5.91 Å². The SMILES string of the molecule is CC(=O)C(=O)NCc1ccc(Cl)cc1Cl. The molecule has 0 aliphatic heterocycles. The quantitative estimate of drug-likeness (QED) is 0.831. The number of carbonyl (C=O) groups is 2. The van der Waals surface area contributed by atoms with Crippen molar-refractivity contribution in [3.8, 4) is 0 Å². The van der Waals surface area contributed by atoms with Gasteiger partial charge in [-0.2, -0.15) is 0 Å². The van der Waals surface area contributed by atoms with Crippen molar-refractivity contribution in [2.24, 2.45) is 0 Å². The Balaban J connectivity index is 2.66. The lowest BCUT2D eigenvalue weighted by Crippen LogP contribution is -2.28. The molecule has 0 aliphatic rings. The van der Waals surface area contributed by atoms with Gasteiger partial charge in [0.1, 0.15) is 0 Å². The first-order valence-electron chi connectivity index (χ1n) is 4.23. The van der Waals surface area contributed by atoms with Gasteiger partial charge in [-0.3, -0.25) is 9.59 Å². The molecule has 0 unspecified atom stereocenters. The van der Waals surface area contributed by atoms with Crippen LogP contribution in [0.15, 0.2) is 18.2 Å². The summed E-state index contributed by atoms with van der Waals surface area (Å²) in [7, 11) is 0. The number of Topliss-reactive ketones (excluding diaryl/α,β-unsaturated/α-hetero) is 1. The molecule has 0 fully saturated rings. The third-order valence-electron chi connectivity index (χ3n) is 1.77. The van der Waals surface area contributed by atoms with Crippen molar-refractivity contribution >= 4 is 34.9 Å². The van der Waals surface area contributed by atoms with E-state index in [9.17, 15) is 9.59 Å². The number of amides is 1. The summed E-state index contributed by atoms with van der Waals surface area (Å²) in [6, 6.07) is 4.95. The number of nitrogens with one attached hydrogen (secondary N) is 1. The van der Waals surface area contributed by atoms with E-state index in [2.05, 4.69) is 5.32 Å². The van der Waals surface area contributed by atoms with Crippen LogP contribution in [0.3, 0.4) is 0 Å². The van der Waals surface area contributed by atoms with E-state index in [-0.39, 0.29) is 6.54 Å². The van der Waals surface area contributed by atoms with Crippen LogP contribution in [0.5, 0.6) is 0 Å². The number of hydrogen-bond donors (Lipinski definition) is 1. The van der Waals surface area contributed by atoms with Crippen LogP contribution < -0.4 is 5.32 Å². The molecule has 0 bridgehead atoms. The average Bonchev–Trinajstić information content (AvgIpc) is 2.15. The lowest BCUT2D eigenvalue weighted by molar-refractivity contribution is -0.136. The lowest BCUT2D eigenvalue weighted by atomic mass is 10.2. The van der Waals surface area contributed by atoms with Crippen LogP contribution in [0.2, 0.25) is 10.0 Å². The molecule has 0 spiro atoms. The number of hydrogen-bond acceptors (Lipinski definition) is 2. The molecule has 1 N–H and O–H groups in total. The molecule has 0 saturated carbocycles. The third-order valence-corrected chi connectivity index (χ3v) is 2.36. The molecule has 0 atom stereocenters. The minimum Gasteiger partial charge on any atom is -0.345 e. The summed E-state index contributed by atoms with van der Waals surface area (Å²) in [5.74, 6) is -1.15. The second kappa shape index (κ2) is 5.14. The summed E-state index contributed by atoms with van der Waals surface area (Å²) >= 11 is 11.6. The first-order chi connectivity index (χ1) is 7.00. The van der Waals surface area contributed by atoms with Crippen molar-refractivity contribution in [1.82, 2.24) is 5.32 Å². The average molecular weight is 246 g/mol. The van der Waals surface area contributed by atoms with Crippen LogP contribution in [0.4, 0.5) is 0 Å². The maximum Gasteiger partial charge on any atom is 0.287 e. The summed E-state index contributed by atoms with van der Waals surface area (Å²) in [4.78, 5) is 21.6.